The van der Waals surface area contributed by atoms with Gasteiger partial charge >= 0.3 is 0 Å². The van der Waals surface area contributed by atoms with Gasteiger partial charge in [0.2, 0.25) is 0 Å². The minimum atomic E-state index is 0.303. The highest BCUT2D eigenvalue weighted by molar-refractivity contribution is 5.75. The van der Waals surface area contributed by atoms with Crippen molar-refractivity contribution in [3.63, 3.8) is 0 Å². The third-order valence-corrected chi connectivity index (χ3v) is 4.34. The fourth-order valence-electron chi connectivity index (χ4n) is 2.74. The molecule has 0 aromatic rings. The summed E-state index contributed by atoms with van der Waals surface area (Å²) >= 11 is 0. The molecule has 2 unspecified atom stereocenters. The van der Waals surface area contributed by atoms with E-state index in [1.54, 1.807) is 6.92 Å². The van der Waals surface area contributed by atoms with Crippen molar-refractivity contribution in [1.29, 1.82) is 0 Å². The lowest BCUT2D eigenvalue weighted by molar-refractivity contribution is -0.117. The van der Waals surface area contributed by atoms with Crippen LogP contribution < -0.4 is 0 Å². The number of rotatable bonds is 3. The van der Waals surface area contributed by atoms with E-state index in [2.05, 4.69) is 27.4 Å². The van der Waals surface area contributed by atoms with Crippen LogP contribution in [-0.2, 0) is 4.79 Å². The van der Waals surface area contributed by atoms with E-state index in [1.165, 1.54) is 12.0 Å². The topological polar surface area (TPSA) is 17.1 Å². The Kier molecular flexibility index (Phi) is 3.75. The molecule has 1 saturated carbocycles. The molecule has 1 fully saturated rings. The maximum Gasteiger partial charge on any atom is 0.129 e. The molecule has 0 aromatic carbocycles. The molecule has 15 heavy (non-hydrogen) atoms. The average Bonchev–Trinajstić information content (AvgIpc) is 2.11. The Labute approximate surface area is 93.9 Å². The quantitative estimate of drug-likeness (QED) is 0.641. The molecule has 0 bridgehead atoms. The molecule has 0 N–H and O–H groups in total. The number of hydrogen-bond acceptors (Lipinski definition) is 1. The van der Waals surface area contributed by atoms with E-state index >= 15 is 0 Å². The molecule has 1 nitrogen and oxygen atoms in total. The molecule has 86 valence electrons. The Morgan fingerprint density at radius 3 is 2.67 bits per heavy atom. The zero-order valence-corrected chi connectivity index (χ0v) is 10.6. The van der Waals surface area contributed by atoms with Crippen molar-refractivity contribution in [2.24, 2.45) is 17.3 Å². The summed E-state index contributed by atoms with van der Waals surface area (Å²) in [5.41, 5.74) is 1.67. The minimum Gasteiger partial charge on any atom is -0.300 e. The summed E-state index contributed by atoms with van der Waals surface area (Å²) < 4.78 is 0. The zero-order chi connectivity index (χ0) is 11.6. The average molecular weight is 208 g/mol. The van der Waals surface area contributed by atoms with Crippen LogP contribution in [0.1, 0.15) is 53.4 Å². The second-order valence-electron chi connectivity index (χ2n) is 5.71. The lowest BCUT2D eigenvalue weighted by atomic mass is 9.60. The highest BCUT2D eigenvalue weighted by Gasteiger charge is 2.39. The fraction of sp³-hybridized carbons (Fsp3) is 0.786. The molecule has 1 aliphatic carbocycles. The van der Waals surface area contributed by atoms with Gasteiger partial charge in [0.1, 0.15) is 5.78 Å². The van der Waals surface area contributed by atoms with Gasteiger partial charge < -0.3 is 4.79 Å². The largest absolute Gasteiger partial charge is 0.300 e. The molecule has 1 aliphatic rings. The molecule has 1 rings (SSSR count). The van der Waals surface area contributed by atoms with Gasteiger partial charge in [-0.05, 0) is 43.4 Å². The maximum absolute atomic E-state index is 11.1. The lowest BCUT2D eigenvalue weighted by Crippen LogP contribution is -2.36. The summed E-state index contributed by atoms with van der Waals surface area (Å²) in [4.78, 5) is 11.1. The predicted octanol–water partition coefficient (Wildman–Crippen LogP) is 3.98. The Bertz CT molecular complexity index is 263. The molecule has 1 heteroatoms. The van der Waals surface area contributed by atoms with Crippen LogP contribution in [0.2, 0.25) is 0 Å². The lowest BCUT2D eigenvalue weighted by Gasteiger charge is -2.45. The first kappa shape index (κ1) is 12.5. The summed E-state index contributed by atoms with van der Waals surface area (Å²) in [6, 6.07) is 0. The van der Waals surface area contributed by atoms with Crippen LogP contribution >= 0.6 is 0 Å². The van der Waals surface area contributed by atoms with Gasteiger partial charge in [0.25, 0.3) is 0 Å². The molecular weight excluding hydrogens is 184 g/mol. The Morgan fingerprint density at radius 2 is 2.13 bits per heavy atom. The van der Waals surface area contributed by atoms with Gasteiger partial charge in [-0.25, -0.2) is 0 Å². The first-order chi connectivity index (χ1) is 6.85. The number of carbonyl (C=O) groups is 1. The monoisotopic (exact) mass is 208 g/mol. The number of Topliss-reactive ketones (excluding diaryl/α,β-unsaturated/α-hetero) is 1. The molecule has 2 atom stereocenters. The van der Waals surface area contributed by atoms with E-state index in [9.17, 15) is 4.79 Å². The Hall–Kier alpha value is -0.590. The normalized spacial score (nSPS) is 30.3. The summed E-state index contributed by atoms with van der Waals surface area (Å²) in [5, 5.41) is 0. The van der Waals surface area contributed by atoms with Gasteiger partial charge in [0, 0.05) is 6.42 Å². The van der Waals surface area contributed by atoms with Crippen LogP contribution in [0.4, 0.5) is 0 Å². The van der Waals surface area contributed by atoms with Gasteiger partial charge in [0.05, 0.1) is 0 Å². The Balaban J connectivity index is 2.72. The van der Waals surface area contributed by atoms with Crippen molar-refractivity contribution < 1.29 is 4.79 Å². The van der Waals surface area contributed by atoms with Crippen molar-refractivity contribution in [3.05, 3.63) is 12.2 Å². The number of hydrogen-bond donors (Lipinski definition) is 0. The number of allylic oxidation sites excluding steroid dienone is 1. The summed E-state index contributed by atoms with van der Waals surface area (Å²) in [6.45, 7) is 12.9. The molecule has 0 aromatic heterocycles. The van der Waals surface area contributed by atoms with Crippen LogP contribution in [0.15, 0.2) is 12.2 Å². The van der Waals surface area contributed by atoms with E-state index in [1.807, 2.05) is 0 Å². The second-order valence-corrected chi connectivity index (χ2v) is 5.71. The SMILES string of the molecule is C=C1CCC(C)C(C)(C)C1CCC(C)=O. The Morgan fingerprint density at radius 1 is 1.53 bits per heavy atom. The van der Waals surface area contributed by atoms with E-state index in [0.717, 1.165) is 18.8 Å². The summed E-state index contributed by atoms with van der Waals surface area (Å²) in [7, 11) is 0. The smallest absolute Gasteiger partial charge is 0.129 e. The van der Waals surface area contributed by atoms with Gasteiger partial charge in [-0.1, -0.05) is 32.9 Å². The van der Waals surface area contributed by atoms with Gasteiger partial charge in [-0.3, -0.25) is 0 Å². The first-order valence-corrected chi connectivity index (χ1v) is 6.02. The van der Waals surface area contributed by atoms with Crippen LogP contribution in [0.3, 0.4) is 0 Å². The van der Waals surface area contributed by atoms with Crippen LogP contribution in [-0.4, -0.2) is 5.78 Å². The van der Waals surface area contributed by atoms with Crippen molar-refractivity contribution in [2.45, 2.75) is 53.4 Å². The van der Waals surface area contributed by atoms with E-state index in [4.69, 9.17) is 0 Å². The molecule has 0 saturated heterocycles. The minimum absolute atomic E-state index is 0.303. The van der Waals surface area contributed by atoms with E-state index < -0.39 is 0 Å². The van der Waals surface area contributed by atoms with Crippen LogP contribution in [0.5, 0.6) is 0 Å². The van der Waals surface area contributed by atoms with Gasteiger partial charge in [-0.15, -0.1) is 0 Å². The molecule has 0 heterocycles. The molecule has 0 aliphatic heterocycles. The van der Waals surface area contributed by atoms with E-state index in [0.29, 0.717) is 23.5 Å². The maximum atomic E-state index is 11.1. The summed E-state index contributed by atoms with van der Waals surface area (Å²) in [5.74, 6) is 1.57. The zero-order valence-electron chi connectivity index (χ0n) is 10.6. The van der Waals surface area contributed by atoms with Crippen LogP contribution in [0.25, 0.3) is 0 Å². The second kappa shape index (κ2) is 4.51. The molecule has 0 amide bonds. The highest BCUT2D eigenvalue weighted by Crippen LogP contribution is 2.48. The highest BCUT2D eigenvalue weighted by atomic mass is 16.1. The van der Waals surface area contributed by atoms with Crippen molar-refractivity contribution >= 4 is 5.78 Å². The summed E-state index contributed by atoms with van der Waals surface area (Å²) in [6.07, 6.45) is 4.10. The van der Waals surface area contributed by atoms with Crippen molar-refractivity contribution in [1.82, 2.24) is 0 Å². The predicted molar refractivity (Wildman–Crippen MR) is 64.7 cm³/mol. The number of ketones is 1. The first-order valence-electron chi connectivity index (χ1n) is 6.02. The third kappa shape index (κ3) is 2.70. The van der Waals surface area contributed by atoms with Crippen molar-refractivity contribution in [2.75, 3.05) is 0 Å². The molecule has 0 radical (unpaired) electrons. The third-order valence-electron chi connectivity index (χ3n) is 4.34. The fourth-order valence-corrected chi connectivity index (χ4v) is 2.74. The standard InChI is InChI=1S/C14H24O/c1-10-6-7-11(2)14(4,5)13(10)9-8-12(3)15/h11,13H,1,6-9H2,2-5H3. The van der Waals surface area contributed by atoms with Gasteiger partial charge in [-0.2, -0.15) is 0 Å². The van der Waals surface area contributed by atoms with E-state index in [-0.39, 0.29) is 0 Å². The van der Waals surface area contributed by atoms with Crippen molar-refractivity contribution in [3.8, 4) is 0 Å². The molecular formula is C14H24O. The van der Waals surface area contributed by atoms with Gasteiger partial charge in [0.15, 0.2) is 0 Å². The van der Waals surface area contributed by atoms with Crippen LogP contribution in [0, 0.1) is 17.3 Å². The number of carbonyl (C=O) groups excluding carboxylic acids is 1. The molecule has 0 spiro atoms.